The monoisotopic (exact) mass is 356 g/mol. The SMILES string of the molecule is CN(Cc1ccc(OC(F)F)cc1)C(=O)Cc1cccc2cccnc12. The molecule has 0 bridgehead atoms. The maximum absolute atomic E-state index is 12.5. The summed E-state index contributed by atoms with van der Waals surface area (Å²) in [6.07, 6.45) is 1.96. The van der Waals surface area contributed by atoms with Gasteiger partial charge in [-0.3, -0.25) is 9.78 Å². The highest BCUT2D eigenvalue weighted by atomic mass is 19.3. The van der Waals surface area contributed by atoms with Gasteiger partial charge < -0.3 is 9.64 Å². The van der Waals surface area contributed by atoms with Crippen LogP contribution < -0.4 is 4.74 Å². The van der Waals surface area contributed by atoms with Crippen molar-refractivity contribution in [3.05, 3.63) is 71.9 Å². The number of alkyl halides is 2. The lowest BCUT2D eigenvalue weighted by molar-refractivity contribution is -0.129. The van der Waals surface area contributed by atoms with E-state index >= 15 is 0 Å². The number of para-hydroxylation sites is 1. The lowest BCUT2D eigenvalue weighted by Gasteiger charge is -2.18. The highest BCUT2D eigenvalue weighted by Gasteiger charge is 2.13. The van der Waals surface area contributed by atoms with E-state index in [0.29, 0.717) is 6.54 Å². The zero-order chi connectivity index (χ0) is 18.5. The molecule has 6 heteroatoms. The van der Waals surface area contributed by atoms with Gasteiger partial charge in [0.15, 0.2) is 0 Å². The molecule has 1 heterocycles. The van der Waals surface area contributed by atoms with E-state index in [1.807, 2.05) is 30.3 Å². The number of amides is 1. The van der Waals surface area contributed by atoms with Gasteiger partial charge in [-0.2, -0.15) is 8.78 Å². The number of hydrogen-bond acceptors (Lipinski definition) is 3. The smallest absolute Gasteiger partial charge is 0.387 e. The molecule has 3 aromatic rings. The fraction of sp³-hybridized carbons (Fsp3) is 0.200. The van der Waals surface area contributed by atoms with Crippen LogP contribution in [0.1, 0.15) is 11.1 Å². The number of carbonyl (C=O) groups excluding carboxylic acids is 1. The molecule has 26 heavy (non-hydrogen) atoms. The van der Waals surface area contributed by atoms with Crippen LogP contribution >= 0.6 is 0 Å². The molecule has 0 atom stereocenters. The Bertz CT molecular complexity index is 892. The van der Waals surface area contributed by atoms with Gasteiger partial charge in [0.25, 0.3) is 0 Å². The highest BCUT2D eigenvalue weighted by molar-refractivity contribution is 5.87. The summed E-state index contributed by atoms with van der Waals surface area (Å²) in [5.74, 6) is 0.0515. The summed E-state index contributed by atoms with van der Waals surface area (Å²) >= 11 is 0. The number of nitrogens with zero attached hydrogens (tertiary/aromatic N) is 2. The number of aromatic nitrogens is 1. The quantitative estimate of drug-likeness (QED) is 0.669. The van der Waals surface area contributed by atoms with Crippen molar-refractivity contribution in [2.75, 3.05) is 7.05 Å². The third kappa shape index (κ3) is 4.33. The number of pyridine rings is 1. The number of halogens is 2. The topological polar surface area (TPSA) is 42.4 Å². The minimum atomic E-state index is -2.85. The Morgan fingerprint density at radius 1 is 1.12 bits per heavy atom. The number of rotatable bonds is 6. The van der Waals surface area contributed by atoms with Crippen LogP contribution in [-0.4, -0.2) is 29.5 Å². The molecule has 0 aliphatic rings. The lowest BCUT2D eigenvalue weighted by atomic mass is 10.1. The zero-order valence-corrected chi connectivity index (χ0v) is 14.2. The summed E-state index contributed by atoms with van der Waals surface area (Å²) in [4.78, 5) is 18.5. The molecule has 3 rings (SSSR count). The summed E-state index contributed by atoms with van der Waals surface area (Å²) in [7, 11) is 1.71. The molecule has 2 aromatic carbocycles. The van der Waals surface area contributed by atoms with Gasteiger partial charge in [-0.15, -0.1) is 0 Å². The molecular weight excluding hydrogens is 338 g/mol. The van der Waals surface area contributed by atoms with E-state index in [2.05, 4.69) is 9.72 Å². The van der Waals surface area contributed by atoms with Gasteiger partial charge in [-0.25, -0.2) is 0 Å². The van der Waals surface area contributed by atoms with E-state index in [4.69, 9.17) is 0 Å². The van der Waals surface area contributed by atoms with Gasteiger partial charge in [0.1, 0.15) is 5.75 Å². The minimum Gasteiger partial charge on any atom is -0.435 e. The molecule has 0 N–H and O–H groups in total. The van der Waals surface area contributed by atoms with Crippen molar-refractivity contribution in [1.29, 1.82) is 0 Å². The van der Waals surface area contributed by atoms with Crippen LogP contribution in [-0.2, 0) is 17.8 Å². The molecule has 0 fully saturated rings. The molecule has 1 aromatic heterocycles. The lowest BCUT2D eigenvalue weighted by Crippen LogP contribution is -2.27. The molecular formula is C20H18F2N2O2. The Morgan fingerprint density at radius 2 is 1.85 bits per heavy atom. The maximum Gasteiger partial charge on any atom is 0.387 e. The van der Waals surface area contributed by atoms with Crippen molar-refractivity contribution in [2.24, 2.45) is 0 Å². The van der Waals surface area contributed by atoms with Crippen LogP contribution in [0.5, 0.6) is 5.75 Å². The van der Waals surface area contributed by atoms with Crippen molar-refractivity contribution in [2.45, 2.75) is 19.6 Å². The largest absolute Gasteiger partial charge is 0.435 e. The van der Waals surface area contributed by atoms with Crippen LogP contribution in [0.3, 0.4) is 0 Å². The van der Waals surface area contributed by atoms with E-state index in [1.54, 1.807) is 30.3 Å². The number of ether oxygens (including phenoxy) is 1. The Kier molecular flexibility index (Phi) is 5.41. The van der Waals surface area contributed by atoms with Crippen molar-refractivity contribution >= 4 is 16.8 Å². The first-order valence-corrected chi connectivity index (χ1v) is 8.13. The van der Waals surface area contributed by atoms with Crippen molar-refractivity contribution < 1.29 is 18.3 Å². The Balaban J connectivity index is 1.66. The fourth-order valence-electron chi connectivity index (χ4n) is 2.75. The number of likely N-dealkylation sites (N-methyl/N-ethyl adjacent to an activating group) is 1. The molecule has 0 saturated heterocycles. The van der Waals surface area contributed by atoms with Gasteiger partial charge in [0.2, 0.25) is 5.91 Å². The number of benzene rings is 2. The van der Waals surface area contributed by atoms with E-state index in [1.165, 1.54) is 12.1 Å². The third-order valence-electron chi connectivity index (χ3n) is 4.05. The Morgan fingerprint density at radius 3 is 2.58 bits per heavy atom. The van der Waals surface area contributed by atoms with Crippen molar-refractivity contribution in [1.82, 2.24) is 9.88 Å². The second-order valence-electron chi connectivity index (χ2n) is 5.94. The Hall–Kier alpha value is -3.02. The summed E-state index contributed by atoms with van der Waals surface area (Å²) in [6.45, 7) is -2.47. The van der Waals surface area contributed by atoms with Gasteiger partial charge >= 0.3 is 6.61 Å². The van der Waals surface area contributed by atoms with E-state index < -0.39 is 6.61 Å². The number of carbonyl (C=O) groups is 1. The van der Waals surface area contributed by atoms with Gasteiger partial charge in [0.05, 0.1) is 11.9 Å². The maximum atomic E-state index is 12.5. The highest BCUT2D eigenvalue weighted by Crippen LogP contribution is 2.18. The molecule has 0 aliphatic heterocycles. The normalized spacial score (nSPS) is 10.9. The number of hydrogen-bond donors (Lipinski definition) is 0. The summed E-state index contributed by atoms with van der Waals surface area (Å²) < 4.78 is 28.7. The summed E-state index contributed by atoms with van der Waals surface area (Å²) in [5.41, 5.74) is 2.53. The van der Waals surface area contributed by atoms with Gasteiger partial charge in [-0.05, 0) is 29.3 Å². The van der Waals surface area contributed by atoms with Crippen molar-refractivity contribution in [3.63, 3.8) is 0 Å². The molecule has 1 amide bonds. The average Bonchev–Trinajstić information content (AvgIpc) is 2.63. The third-order valence-corrected chi connectivity index (χ3v) is 4.05. The molecule has 4 nitrogen and oxygen atoms in total. The van der Waals surface area contributed by atoms with Gasteiger partial charge in [0, 0.05) is 25.2 Å². The van der Waals surface area contributed by atoms with Crippen LogP contribution in [0.2, 0.25) is 0 Å². The molecule has 0 aliphatic carbocycles. The van der Waals surface area contributed by atoms with Gasteiger partial charge in [-0.1, -0.05) is 36.4 Å². The second kappa shape index (κ2) is 7.91. The van der Waals surface area contributed by atoms with Crippen molar-refractivity contribution in [3.8, 4) is 5.75 Å². The van der Waals surface area contributed by atoms with E-state index in [-0.39, 0.29) is 18.1 Å². The average molecular weight is 356 g/mol. The molecule has 0 unspecified atom stereocenters. The standard InChI is InChI=1S/C20H18F2N2O2/c1-24(13-14-7-9-17(10-8-14)26-20(21)22)18(25)12-16-5-2-4-15-6-3-11-23-19(15)16/h2-11,20H,12-13H2,1H3. The molecule has 0 saturated carbocycles. The summed E-state index contributed by atoms with van der Waals surface area (Å²) in [5, 5.41) is 0.995. The first-order chi connectivity index (χ1) is 12.5. The Labute approximate surface area is 150 Å². The van der Waals surface area contributed by atoms with Crippen LogP contribution in [0.15, 0.2) is 60.8 Å². The molecule has 134 valence electrons. The second-order valence-corrected chi connectivity index (χ2v) is 5.94. The first-order valence-electron chi connectivity index (χ1n) is 8.13. The fourth-order valence-corrected chi connectivity index (χ4v) is 2.75. The van der Waals surface area contributed by atoms with Crippen LogP contribution in [0.25, 0.3) is 10.9 Å². The van der Waals surface area contributed by atoms with Crippen LogP contribution in [0, 0.1) is 0 Å². The van der Waals surface area contributed by atoms with E-state index in [9.17, 15) is 13.6 Å². The minimum absolute atomic E-state index is 0.0453. The molecule has 0 spiro atoms. The van der Waals surface area contributed by atoms with Crippen LogP contribution in [0.4, 0.5) is 8.78 Å². The first kappa shape index (κ1) is 17.8. The van der Waals surface area contributed by atoms with E-state index in [0.717, 1.165) is 22.0 Å². The summed E-state index contributed by atoms with van der Waals surface area (Å²) in [6, 6.07) is 15.9. The predicted molar refractivity (Wildman–Crippen MR) is 95.0 cm³/mol. The number of fused-ring (bicyclic) bond motifs is 1. The predicted octanol–water partition coefficient (Wildman–Crippen LogP) is 4.04. The zero-order valence-electron chi connectivity index (χ0n) is 14.2. The molecule has 0 radical (unpaired) electrons.